The molecule has 0 unspecified atom stereocenters. The molecule has 10 nitrogen and oxygen atoms in total. The Hall–Kier alpha value is -3.57. The quantitative estimate of drug-likeness (QED) is 0.438. The molecule has 4 atom stereocenters. The summed E-state index contributed by atoms with van der Waals surface area (Å²) in [6.45, 7) is 1.09. The predicted molar refractivity (Wildman–Crippen MR) is 126 cm³/mol. The molecule has 1 saturated heterocycles. The van der Waals surface area contributed by atoms with Crippen LogP contribution >= 0.6 is 0 Å². The number of methoxy groups -OCH3 is 1. The zero-order valence-corrected chi connectivity index (χ0v) is 19.4. The van der Waals surface area contributed by atoms with Crippen LogP contribution < -0.4 is 10.6 Å². The Kier molecular flexibility index (Phi) is 5.37. The molecular weight excluding hydrogens is 453 g/mol. The maximum atomic E-state index is 13.7. The van der Waals surface area contributed by atoms with Gasteiger partial charge in [0.05, 0.1) is 37.2 Å². The van der Waals surface area contributed by atoms with E-state index < -0.39 is 12.2 Å². The Morgan fingerprint density at radius 3 is 2.89 bits per heavy atom. The van der Waals surface area contributed by atoms with E-state index in [0.29, 0.717) is 48.8 Å². The van der Waals surface area contributed by atoms with Crippen LogP contribution in [0, 0.1) is 0 Å². The lowest BCUT2D eigenvalue weighted by Crippen LogP contribution is -2.48. The average Bonchev–Trinajstić information content (AvgIpc) is 3.63. The van der Waals surface area contributed by atoms with Crippen LogP contribution in [0.1, 0.15) is 29.2 Å². The van der Waals surface area contributed by atoms with Crippen molar-refractivity contribution in [3.05, 3.63) is 42.4 Å². The lowest BCUT2D eigenvalue weighted by atomic mass is 9.90. The van der Waals surface area contributed by atoms with Gasteiger partial charge >= 0.3 is 0 Å². The summed E-state index contributed by atoms with van der Waals surface area (Å²) in [6.07, 6.45) is 5.29. The molecule has 35 heavy (non-hydrogen) atoms. The van der Waals surface area contributed by atoms with Crippen LogP contribution in [0.4, 0.5) is 10.2 Å². The number of aromatic nitrogens is 5. The van der Waals surface area contributed by atoms with E-state index in [-0.39, 0.29) is 18.1 Å². The molecule has 0 spiro atoms. The molecule has 1 amide bonds. The number of anilines is 1. The van der Waals surface area contributed by atoms with Gasteiger partial charge in [0.2, 0.25) is 0 Å². The summed E-state index contributed by atoms with van der Waals surface area (Å²) >= 11 is 0. The van der Waals surface area contributed by atoms with Crippen molar-refractivity contribution < 1.29 is 18.7 Å². The van der Waals surface area contributed by atoms with Crippen LogP contribution in [0.3, 0.4) is 0 Å². The van der Waals surface area contributed by atoms with Crippen LogP contribution in [-0.2, 0) is 9.47 Å². The number of hydrogen-bond donors (Lipinski definition) is 2. The van der Waals surface area contributed by atoms with E-state index in [2.05, 4.69) is 20.3 Å². The lowest BCUT2D eigenvalue weighted by molar-refractivity contribution is 0.0686. The van der Waals surface area contributed by atoms with Crippen molar-refractivity contribution in [2.75, 3.05) is 32.7 Å². The third-order valence-electron chi connectivity index (χ3n) is 7.02. The van der Waals surface area contributed by atoms with E-state index in [4.69, 9.17) is 19.4 Å². The zero-order chi connectivity index (χ0) is 24.1. The van der Waals surface area contributed by atoms with E-state index in [1.54, 1.807) is 24.9 Å². The van der Waals surface area contributed by atoms with E-state index in [9.17, 15) is 9.18 Å². The van der Waals surface area contributed by atoms with Gasteiger partial charge in [0.15, 0.2) is 5.65 Å². The van der Waals surface area contributed by atoms with Gasteiger partial charge in [-0.15, -0.1) is 0 Å². The summed E-state index contributed by atoms with van der Waals surface area (Å²) in [6, 6.07) is 5.40. The fraction of sp³-hybridized carbons (Fsp3) is 0.417. The molecule has 4 aliphatic rings. The summed E-state index contributed by atoms with van der Waals surface area (Å²) in [5.41, 5.74) is 3.09. The molecule has 0 radical (unpaired) electrons. The number of nitrogens with one attached hydrogen (secondary N) is 2. The smallest absolute Gasteiger partial charge is 0.257 e. The number of amides is 1. The van der Waals surface area contributed by atoms with Gasteiger partial charge in [-0.3, -0.25) is 4.79 Å². The number of pyridine rings is 1. The number of carbonyl (C=O) groups is 1. The van der Waals surface area contributed by atoms with Crippen LogP contribution in [-0.4, -0.2) is 75.7 Å². The van der Waals surface area contributed by atoms with Crippen molar-refractivity contribution in [1.29, 1.82) is 0 Å². The second-order valence-corrected chi connectivity index (χ2v) is 8.95. The molecule has 0 bridgehead atoms. The normalized spacial score (nSPS) is 24.1. The predicted octanol–water partition coefficient (Wildman–Crippen LogP) is 2.56. The number of fused-ring (bicyclic) bond motifs is 2. The van der Waals surface area contributed by atoms with Crippen LogP contribution in [0.25, 0.3) is 28.3 Å². The molecule has 2 aromatic rings. The highest BCUT2D eigenvalue weighted by Gasteiger charge is 2.34. The number of hydrogen-bond acceptors (Lipinski definition) is 7. The van der Waals surface area contributed by atoms with Crippen molar-refractivity contribution >= 4 is 17.4 Å². The maximum Gasteiger partial charge on any atom is 0.257 e. The van der Waals surface area contributed by atoms with Gasteiger partial charge in [0, 0.05) is 43.7 Å². The molecule has 182 valence electrons. The van der Waals surface area contributed by atoms with Crippen molar-refractivity contribution in [3.63, 3.8) is 0 Å². The largest absolute Gasteiger partial charge is 0.377 e. The Labute approximate surface area is 200 Å². The molecule has 2 N–H and O–H groups in total. The minimum Gasteiger partial charge on any atom is -0.377 e. The second-order valence-electron chi connectivity index (χ2n) is 8.95. The lowest BCUT2D eigenvalue weighted by Gasteiger charge is -2.30. The number of halogens is 1. The fourth-order valence-corrected chi connectivity index (χ4v) is 4.84. The Morgan fingerprint density at radius 1 is 1.26 bits per heavy atom. The summed E-state index contributed by atoms with van der Waals surface area (Å²) in [5.74, 6) is 1.09. The van der Waals surface area contributed by atoms with E-state index in [1.807, 2.05) is 24.4 Å². The Bertz CT molecular complexity index is 1370. The summed E-state index contributed by atoms with van der Waals surface area (Å²) < 4.78 is 28.6. The van der Waals surface area contributed by atoms with Gasteiger partial charge in [-0.05, 0) is 25.0 Å². The first kappa shape index (κ1) is 21.9. The number of rotatable bonds is 6. The van der Waals surface area contributed by atoms with Crippen molar-refractivity contribution in [2.45, 2.75) is 37.2 Å². The molecule has 1 saturated carbocycles. The molecule has 11 heteroatoms. The number of ether oxygens (including phenoxy) is 2. The van der Waals surface area contributed by atoms with Crippen LogP contribution in [0.15, 0.2) is 36.8 Å². The zero-order valence-electron chi connectivity index (χ0n) is 19.4. The molecule has 5 heterocycles. The molecule has 0 aromatic carbocycles. The Balaban J connectivity index is 1.40. The third kappa shape index (κ3) is 3.53. The van der Waals surface area contributed by atoms with Crippen LogP contribution in [0.5, 0.6) is 0 Å². The summed E-state index contributed by atoms with van der Waals surface area (Å²) in [5, 5.41) is 10.2. The first-order valence-electron chi connectivity index (χ1n) is 11.7. The van der Waals surface area contributed by atoms with Gasteiger partial charge in [-0.1, -0.05) is 0 Å². The van der Waals surface area contributed by atoms with Gasteiger partial charge in [-0.2, -0.15) is 9.61 Å². The molecule has 2 fully saturated rings. The number of nitrogens with zero attached hydrogens (tertiary/aromatic N) is 5. The summed E-state index contributed by atoms with van der Waals surface area (Å²) in [7, 11) is 3.47. The van der Waals surface area contributed by atoms with Gasteiger partial charge in [-0.25, -0.2) is 14.4 Å². The highest BCUT2D eigenvalue weighted by atomic mass is 19.1. The SMILES string of the molecule is CNc1cc(-c2cnc3n([C@@H]4COC[C@H]4OC)cccc2-3)nc2c(C(=O)N[C@H]3CC[C@@H]3F)cnn12. The van der Waals surface area contributed by atoms with Crippen molar-refractivity contribution in [3.8, 4) is 22.6 Å². The number of carbonyl (C=O) groups excluding carboxylic acids is 1. The number of alkyl halides is 1. The minimum absolute atomic E-state index is 0.0192. The molecule has 6 rings (SSSR count). The van der Waals surface area contributed by atoms with Crippen molar-refractivity contribution in [2.24, 2.45) is 0 Å². The van der Waals surface area contributed by atoms with Crippen molar-refractivity contribution in [1.82, 2.24) is 29.5 Å². The summed E-state index contributed by atoms with van der Waals surface area (Å²) in [4.78, 5) is 22.4. The van der Waals surface area contributed by atoms with Gasteiger partial charge in [0.25, 0.3) is 5.91 Å². The minimum atomic E-state index is -1.01. The third-order valence-corrected chi connectivity index (χ3v) is 7.02. The average molecular weight is 480 g/mol. The molecule has 3 aliphatic heterocycles. The molecular formula is C24H26FN7O3. The van der Waals surface area contributed by atoms with E-state index in [1.165, 1.54) is 6.20 Å². The fourth-order valence-electron chi connectivity index (χ4n) is 4.84. The van der Waals surface area contributed by atoms with Gasteiger partial charge < -0.3 is 24.7 Å². The first-order valence-corrected chi connectivity index (χ1v) is 11.7. The maximum absolute atomic E-state index is 13.7. The first-order chi connectivity index (χ1) is 17.1. The van der Waals surface area contributed by atoms with Gasteiger partial charge in [0.1, 0.15) is 29.5 Å². The van der Waals surface area contributed by atoms with E-state index >= 15 is 0 Å². The standard InChI is InChI=1S/C24H26FN7O3/c1-26-21-8-18(29-23-15(10-28-32(21)23)24(33)30-17-6-5-16(17)25)14-9-27-22-13(14)4-3-7-31(22)19-11-35-12-20(19)34-2/h3-4,7-10,16-17,19-20,26H,5-6,11-12H2,1-2H3,(H,30,33)/t16-,17-,19+,20+/m0/s1. The Morgan fingerprint density at radius 2 is 2.14 bits per heavy atom. The monoisotopic (exact) mass is 479 g/mol. The topological polar surface area (TPSA) is 108 Å². The highest BCUT2D eigenvalue weighted by Crippen LogP contribution is 2.37. The van der Waals surface area contributed by atoms with E-state index in [0.717, 1.165) is 17.0 Å². The highest BCUT2D eigenvalue weighted by molar-refractivity contribution is 6.00. The molecule has 1 aliphatic carbocycles. The molecule has 2 aromatic heterocycles. The van der Waals surface area contributed by atoms with Crippen LogP contribution in [0.2, 0.25) is 0 Å². The second kappa shape index (κ2) is 8.58.